The largest absolute Gasteiger partial charge is 0.493 e. The molecule has 0 saturated carbocycles. The summed E-state index contributed by atoms with van der Waals surface area (Å²) in [5.74, 6) is 2.03. The first-order chi connectivity index (χ1) is 15.0. The quantitative estimate of drug-likeness (QED) is 0.234. The number of nitrogens with one attached hydrogen (secondary N) is 3. The maximum absolute atomic E-state index is 12.4. The molecule has 0 aliphatic heterocycles. The molecule has 0 spiro atoms. The van der Waals surface area contributed by atoms with Crippen molar-refractivity contribution in [2.75, 3.05) is 20.8 Å². The molecule has 1 amide bonds. The van der Waals surface area contributed by atoms with Crippen molar-refractivity contribution in [3.63, 3.8) is 0 Å². The molecule has 2 rings (SSSR count). The first-order valence-electron chi connectivity index (χ1n) is 10.6. The fraction of sp³-hybridized carbons (Fsp3) is 0.417. The van der Waals surface area contributed by atoms with Crippen molar-refractivity contribution in [3.05, 3.63) is 59.2 Å². The van der Waals surface area contributed by atoms with E-state index >= 15 is 0 Å². The Kier molecular flexibility index (Phi) is 12.5. The van der Waals surface area contributed by atoms with Crippen LogP contribution in [0.2, 0.25) is 0 Å². The lowest BCUT2D eigenvalue weighted by Crippen LogP contribution is -2.36. The van der Waals surface area contributed by atoms with E-state index in [1.54, 1.807) is 14.2 Å². The van der Waals surface area contributed by atoms with Crippen molar-refractivity contribution in [1.29, 1.82) is 0 Å². The molecule has 0 saturated heterocycles. The molecule has 32 heavy (non-hydrogen) atoms. The zero-order valence-electron chi connectivity index (χ0n) is 19.5. The lowest BCUT2D eigenvalue weighted by molar-refractivity contribution is 0.0939. The molecular weight excluding hydrogens is 519 g/mol. The second-order valence-corrected chi connectivity index (χ2v) is 7.22. The van der Waals surface area contributed by atoms with Gasteiger partial charge in [0.05, 0.1) is 20.8 Å². The Balaban J connectivity index is 0.00000512. The maximum Gasteiger partial charge on any atom is 0.251 e. The highest BCUT2D eigenvalue weighted by Crippen LogP contribution is 2.27. The highest BCUT2D eigenvalue weighted by molar-refractivity contribution is 14.0. The Morgan fingerprint density at radius 3 is 2.41 bits per heavy atom. The molecule has 7 nitrogen and oxygen atoms in total. The molecule has 0 fully saturated rings. The Labute approximate surface area is 208 Å². The Hall–Kier alpha value is -2.49. The van der Waals surface area contributed by atoms with Crippen LogP contribution < -0.4 is 25.4 Å². The van der Waals surface area contributed by atoms with Crippen LogP contribution in [0.15, 0.2) is 47.5 Å². The van der Waals surface area contributed by atoms with E-state index in [2.05, 4.69) is 20.9 Å². The summed E-state index contributed by atoms with van der Waals surface area (Å²) >= 11 is 0. The monoisotopic (exact) mass is 554 g/mol. The van der Waals surface area contributed by atoms with E-state index in [1.165, 1.54) is 0 Å². The first kappa shape index (κ1) is 27.5. The zero-order valence-corrected chi connectivity index (χ0v) is 21.9. The highest BCUT2D eigenvalue weighted by Gasteiger charge is 2.09. The summed E-state index contributed by atoms with van der Waals surface area (Å²) < 4.78 is 10.7. The Bertz CT molecular complexity index is 889. The summed E-state index contributed by atoms with van der Waals surface area (Å²) in [6.07, 6.45) is 0.896. The lowest BCUT2D eigenvalue weighted by atomic mass is 10.1. The van der Waals surface area contributed by atoms with E-state index in [9.17, 15) is 4.79 Å². The smallest absolute Gasteiger partial charge is 0.251 e. The molecule has 8 heteroatoms. The molecule has 0 aliphatic carbocycles. The molecule has 0 heterocycles. The van der Waals surface area contributed by atoms with E-state index in [1.807, 2.05) is 63.2 Å². The van der Waals surface area contributed by atoms with Crippen molar-refractivity contribution >= 4 is 35.8 Å². The molecule has 3 N–H and O–H groups in total. The number of hydrogen-bond acceptors (Lipinski definition) is 4. The summed E-state index contributed by atoms with van der Waals surface area (Å²) in [5, 5.41) is 9.57. The van der Waals surface area contributed by atoms with E-state index in [-0.39, 0.29) is 35.9 Å². The van der Waals surface area contributed by atoms with Gasteiger partial charge in [0.1, 0.15) is 0 Å². The minimum atomic E-state index is -0.0568. The number of guanidine groups is 1. The van der Waals surface area contributed by atoms with Gasteiger partial charge in [-0.2, -0.15) is 0 Å². The van der Waals surface area contributed by atoms with Gasteiger partial charge in [0, 0.05) is 24.7 Å². The van der Waals surface area contributed by atoms with Crippen molar-refractivity contribution in [1.82, 2.24) is 16.0 Å². The van der Waals surface area contributed by atoms with Crippen LogP contribution in [0.25, 0.3) is 0 Å². The van der Waals surface area contributed by atoms with Crippen LogP contribution >= 0.6 is 24.0 Å². The predicted molar refractivity (Wildman–Crippen MR) is 140 cm³/mol. The third-order valence-corrected chi connectivity index (χ3v) is 4.85. The van der Waals surface area contributed by atoms with Crippen molar-refractivity contribution in [3.8, 4) is 11.5 Å². The molecule has 0 radical (unpaired) electrons. The number of hydrogen-bond donors (Lipinski definition) is 3. The molecule has 0 aromatic heterocycles. The van der Waals surface area contributed by atoms with Crippen molar-refractivity contribution in [2.24, 2.45) is 4.99 Å². The molecule has 1 atom stereocenters. The van der Waals surface area contributed by atoms with E-state index in [0.29, 0.717) is 36.1 Å². The number of nitrogens with zero attached hydrogens (tertiary/aromatic N) is 1. The first-order valence-corrected chi connectivity index (χ1v) is 10.6. The van der Waals surface area contributed by atoms with Gasteiger partial charge in [-0.1, -0.05) is 25.1 Å². The van der Waals surface area contributed by atoms with Gasteiger partial charge < -0.3 is 25.4 Å². The van der Waals surface area contributed by atoms with Gasteiger partial charge in [-0.15, -0.1) is 24.0 Å². The summed E-state index contributed by atoms with van der Waals surface area (Å²) in [5.41, 5.74) is 2.67. The van der Waals surface area contributed by atoms with Crippen LogP contribution in [0.3, 0.4) is 0 Å². The second-order valence-electron chi connectivity index (χ2n) is 7.22. The summed E-state index contributed by atoms with van der Waals surface area (Å²) in [4.78, 5) is 17.0. The third-order valence-electron chi connectivity index (χ3n) is 4.85. The van der Waals surface area contributed by atoms with Gasteiger partial charge >= 0.3 is 0 Å². The van der Waals surface area contributed by atoms with Crippen LogP contribution in [0.4, 0.5) is 0 Å². The lowest BCUT2D eigenvalue weighted by Gasteiger charge is -2.14. The minimum absolute atomic E-state index is 0. The van der Waals surface area contributed by atoms with E-state index in [0.717, 1.165) is 24.1 Å². The second kappa shape index (κ2) is 14.5. The highest BCUT2D eigenvalue weighted by atomic mass is 127. The summed E-state index contributed by atoms with van der Waals surface area (Å²) in [7, 11) is 3.24. The van der Waals surface area contributed by atoms with Crippen molar-refractivity contribution in [2.45, 2.75) is 46.3 Å². The molecular formula is C24H35IN4O3. The number of ether oxygens (including phenoxy) is 2. The van der Waals surface area contributed by atoms with Gasteiger partial charge in [0.25, 0.3) is 5.91 Å². The normalized spacial score (nSPS) is 11.7. The van der Waals surface area contributed by atoms with E-state index in [4.69, 9.17) is 9.47 Å². The fourth-order valence-corrected chi connectivity index (χ4v) is 2.91. The van der Waals surface area contributed by atoms with Crippen LogP contribution in [-0.4, -0.2) is 38.7 Å². The molecule has 0 aliphatic rings. The van der Waals surface area contributed by atoms with Gasteiger partial charge in [0.2, 0.25) is 0 Å². The number of benzene rings is 2. The fourth-order valence-electron chi connectivity index (χ4n) is 2.91. The summed E-state index contributed by atoms with van der Waals surface area (Å²) in [6, 6.07) is 13.5. The van der Waals surface area contributed by atoms with Gasteiger partial charge in [-0.3, -0.25) is 4.79 Å². The van der Waals surface area contributed by atoms with Crippen LogP contribution in [0.5, 0.6) is 11.5 Å². The number of methoxy groups -OCH3 is 2. The number of aliphatic imine (C=N–C) groups is 1. The Morgan fingerprint density at radius 2 is 1.75 bits per heavy atom. The van der Waals surface area contributed by atoms with E-state index < -0.39 is 0 Å². The molecule has 0 bridgehead atoms. The zero-order chi connectivity index (χ0) is 22.6. The van der Waals surface area contributed by atoms with Crippen LogP contribution in [-0.2, 0) is 13.1 Å². The van der Waals surface area contributed by atoms with Crippen molar-refractivity contribution < 1.29 is 14.3 Å². The van der Waals surface area contributed by atoms with Gasteiger partial charge in [-0.25, -0.2) is 4.99 Å². The Morgan fingerprint density at radius 1 is 1.00 bits per heavy atom. The molecule has 1 unspecified atom stereocenters. The third kappa shape index (κ3) is 8.57. The minimum Gasteiger partial charge on any atom is -0.493 e. The summed E-state index contributed by atoms with van der Waals surface area (Å²) in [6.45, 7) is 7.87. The number of halogens is 1. The standard InChI is InChI=1S/C24H34N4O3.HI/c1-6-17(3)28-23(29)20-10-8-9-18(13-20)15-26-24(25-7-2)27-16-19-11-12-21(30-4)22(14-19)31-5;/h8-14,17H,6-7,15-16H2,1-5H3,(H,28,29)(H2,25,26,27);1H. The molecule has 176 valence electrons. The average molecular weight is 554 g/mol. The number of carbonyl (C=O) groups is 1. The number of rotatable bonds is 10. The number of amides is 1. The van der Waals surface area contributed by atoms with Gasteiger partial charge in [-0.05, 0) is 55.7 Å². The topological polar surface area (TPSA) is 84.0 Å². The SMILES string of the molecule is CCNC(=NCc1cccc(C(=O)NC(C)CC)c1)NCc1ccc(OC)c(OC)c1.I. The van der Waals surface area contributed by atoms with Crippen LogP contribution in [0.1, 0.15) is 48.7 Å². The average Bonchev–Trinajstić information content (AvgIpc) is 2.80. The molecule has 2 aromatic carbocycles. The molecule has 2 aromatic rings. The number of carbonyl (C=O) groups excluding carboxylic acids is 1. The maximum atomic E-state index is 12.4. The van der Waals surface area contributed by atoms with Crippen LogP contribution in [0, 0.1) is 0 Å². The van der Waals surface area contributed by atoms with Gasteiger partial charge in [0.15, 0.2) is 17.5 Å². The predicted octanol–water partition coefficient (Wildman–Crippen LogP) is 4.11.